The Balaban J connectivity index is 1.79. The van der Waals surface area contributed by atoms with E-state index in [2.05, 4.69) is 6.07 Å². The minimum absolute atomic E-state index is 0.0603. The summed E-state index contributed by atoms with van der Waals surface area (Å²) < 4.78 is 6.69. The Morgan fingerprint density at radius 3 is 2.81 bits per heavy atom. The Bertz CT molecular complexity index is 811. The van der Waals surface area contributed by atoms with Crippen LogP contribution in [-0.2, 0) is 11.3 Å². The highest BCUT2D eigenvalue weighted by molar-refractivity contribution is 6.42. The number of rotatable bonds is 2. The van der Waals surface area contributed by atoms with Gasteiger partial charge < -0.3 is 4.74 Å². The number of halogens is 2. The lowest BCUT2D eigenvalue weighted by Gasteiger charge is -2.08. The van der Waals surface area contributed by atoms with Gasteiger partial charge in [-0.05, 0) is 12.1 Å². The number of benzene rings is 2. The van der Waals surface area contributed by atoms with Gasteiger partial charge in [-0.1, -0.05) is 53.5 Å². The Hall–Kier alpha value is -1.97. The number of carbonyl (C=O) groups excluding carboxylic acids is 1. The van der Waals surface area contributed by atoms with Gasteiger partial charge in [-0.15, -0.1) is 0 Å². The van der Waals surface area contributed by atoms with E-state index in [1.165, 1.54) is 4.57 Å². The summed E-state index contributed by atoms with van der Waals surface area (Å²) in [5, 5.41) is 1.69. The third-order valence-corrected chi connectivity index (χ3v) is 3.95. The van der Waals surface area contributed by atoms with Crippen molar-refractivity contribution in [2.75, 3.05) is 0 Å². The van der Waals surface area contributed by atoms with E-state index in [4.69, 9.17) is 27.9 Å². The molecule has 0 bridgehead atoms. The van der Waals surface area contributed by atoms with Gasteiger partial charge in [-0.3, -0.25) is 4.57 Å². The molecule has 0 saturated carbocycles. The summed E-state index contributed by atoms with van der Waals surface area (Å²) in [5.41, 5.74) is 1.41. The van der Waals surface area contributed by atoms with Crippen LogP contribution in [0.15, 0.2) is 48.7 Å². The van der Waals surface area contributed by atoms with Crippen molar-refractivity contribution in [3.8, 4) is 0 Å². The second-order valence-corrected chi connectivity index (χ2v) is 5.21. The zero-order valence-corrected chi connectivity index (χ0v) is 12.4. The van der Waals surface area contributed by atoms with Crippen molar-refractivity contribution in [3.63, 3.8) is 0 Å². The summed E-state index contributed by atoms with van der Waals surface area (Å²) in [6.07, 6.45) is 1.08. The van der Waals surface area contributed by atoms with Crippen molar-refractivity contribution in [2.24, 2.45) is 0 Å². The van der Waals surface area contributed by atoms with Crippen LogP contribution < -0.4 is 0 Å². The third-order valence-electron chi connectivity index (χ3n) is 3.09. The SMILES string of the molecule is O=C(OCc1cccc(Cl)c1Cl)n1c[c]c2ccccc21. The van der Waals surface area contributed by atoms with Gasteiger partial charge in [0.15, 0.2) is 0 Å². The molecule has 5 heteroatoms. The zero-order chi connectivity index (χ0) is 14.8. The van der Waals surface area contributed by atoms with E-state index in [1.807, 2.05) is 24.3 Å². The zero-order valence-electron chi connectivity index (χ0n) is 10.8. The van der Waals surface area contributed by atoms with Gasteiger partial charge in [0, 0.05) is 23.2 Å². The average Bonchev–Trinajstić information content (AvgIpc) is 2.92. The number of para-hydroxylation sites is 1. The summed E-state index contributed by atoms with van der Waals surface area (Å²) >= 11 is 12.0. The number of hydrogen-bond donors (Lipinski definition) is 0. The molecule has 0 N–H and O–H groups in total. The summed E-state index contributed by atoms with van der Waals surface area (Å²) in [6.45, 7) is 0.0603. The molecule has 0 aliphatic heterocycles. The van der Waals surface area contributed by atoms with Crippen LogP contribution in [0.5, 0.6) is 0 Å². The van der Waals surface area contributed by atoms with Crippen molar-refractivity contribution in [2.45, 2.75) is 6.61 Å². The van der Waals surface area contributed by atoms with E-state index >= 15 is 0 Å². The minimum atomic E-state index is -0.483. The summed E-state index contributed by atoms with van der Waals surface area (Å²) in [7, 11) is 0. The van der Waals surface area contributed by atoms with E-state index in [0.717, 1.165) is 10.9 Å². The second kappa shape index (κ2) is 5.80. The van der Waals surface area contributed by atoms with Crippen LogP contribution in [-0.4, -0.2) is 10.7 Å². The third kappa shape index (κ3) is 2.75. The molecule has 1 radical (unpaired) electrons. The normalized spacial score (nSPS) is 10.8. The fourth-order valence-electron chi connectivity index (χ4n) is 2.03. The number of carbonyl (C=O) groups is 1. The van der Waals surface area contributed by atoms with Crippen molar-refractivity contribution < 1.29 is 9.53 Å². The Morgan fingerprint density at radius 1 is 1.14 bits per heavy atom. The minimum Gasteiger partial charge on any atom is -0.444 e. The van der Waals surface area contributed by atoms with Crippen LogP contribution in [0, 0.1) is 6.07 Å². The molecule has 2 aromatic carbocycles. The first-order valence-electron chi connectivity index (χ1n) is 6.24. The van der Waals surface area contributed by atoms with Gasteiger partial charge in [-0.25, -0.2) is 4.79 Å². The van der Waals surface area contributed by atoms with E-state index in [1.54, 1.807) is 24.4 Å². The largest absolute Gasteiger partial charge is 0.444 e. The number of aromatic nitrogens is 1. The number of hydrogen-bond acceptors (Lipinski definition) is 2. The van der Waals surface area contributed by atoms with Crippen LogP contribution >= 0.6 is 23.2 Å². The summed E-state index contributed by atoms with van der Waals surface area (Å²) in [6, 6.07) is 15.7. The lowest BCUT2D eigenvalue weighted by Crippen LogP contribution is -2.12. The molecular formula is C16H10Cl2NO2. The van der Waals surface area contributed by atoms with E-state index in [9.17, 15) is 4.79 Å². The fraction of sp³-hybridized carbons (Fsp3) is 0.0625. The highest BCUT2D eigenvalue weighted by Gasteiger charge is 2.12. The monoisotopic (exact) mass is 318 g/mol. The van der Waals surface area contributed by atoms with Crippen LogP contribution in [0.2, 0.25) is 10.0 Å². The molecule has 0 aliphatic rings. The highest BCUT2D eigenvalue weighted by atomic mass is 35.5. The molecule has 0 unspecified atom stereocenters. The number of nitrogens with zero attached hydrogens (tertiary/aromatic N) is 1. The first kappa shape index (κ1) is 14.0. The molecule has 0 amide bonds. The van der Waals surface area contributed by atoms with Crippen molar-refractivity contribution in [3.05, 3.63) is 70.3 Å². The maximum absolute atomic E-state index is 12.1. The summed E-state index contributed by atoms with van der Waals surface area (Å²) in [5.74, 6) is 0. The Morgan fingerprint density at radius 2 is 1.95 bits per heavy atom. The van der Waals surface area contributed by atoms with Crippen molar-refractivity contribution in [1.29, 1.82) is 0 Å². The first-order valence-corrected chi connectivity index (χ1v) is 7.00. The van der Waals surface area contributed by atoms with Crippen molar-refractivity contribution >= 4 is 40.2 Å². The molecule has 105 valence electrons. The molecular weight excluding hydrogens is 309 g/mol. The highest BCUT2D eigenvalue weighted by Crippen LogP contribution is 2.26. The topological polar surface area (TPSA) is 31.2 Å². The molecule has 21 heavy (non-hydrogen) atoms. The van der Waals surface area contributed by atoms with Crippen LogP contribution in [0.1, 0.15) is 5.56 Å². The lowest BCUT2D eigenvalue weighted by atomic mass is 10.2. The molecule has 0 saturated heterocycles. The molecule has 3 rings (SSSR count). The molecule has 3 nitrogen and oxygen atoms in total. The van der Waals surface area contributed by atoms with Crippen LogP contribution in [0.25, 0.3) is 10.9 Å². The smallest absolute Gasteiger partial charge is 0.418 e. The van der Waals surface area contributed by atoms with Gasteiger partial charge in [0.05, 0.1) is 15.6 Å². The summed E-state index contributed by atoms with van der Waals surface area (Å²) in [4.78, 5) is 12.1. The first-order chi connectivity index (χ1) is 10.2. The Kier molecular flexibility index (Phi) is 3.86. The number of fused-ring (bicyclic) bond motifs is 1. The average molecular weight is 319 g/mol. The lowest BCUT2D eigenvalue weighted by molar-refractivity contribution is 0.142. The molecule has 0 atom stereocenters. The van der Waals surface area contributed by atoms with Gasteiger partial charge in [0.2, 0.25) is 0 Å². The van der Waals surface area contributed by atoms with Crippen LogP contribution in [0.4, 0.5) is 4.79 Å². The molecule has 1 aromatic heterocycles. The number of ether oxygens (including phenoxy) is 1. The standard InChI is InChI=1S/C16H10Cl2NO2/c17-13-6-3-5-12(15(13)18)10-21-16(20)19-9-8-11-4-1-2-7-14(11)19/h1-7,9H,10H2. The molecule has 0 aliphatic carbocycles. The maximum atomic E-state index is 12.1. The second-order valence-electron chi connectivity index (χ2n) is 4.43. The van der Waals surface area contributed by atoms with Gasteiger partial charge >= 0.3 is 6.09 Å². The molecule has 3 aromatic rings. The maximum Gasteiger partial charge on any atom is 0.418 e. The van der Waals surface area contributed by atoms with Crippen molar-refractivity contribution in [1.82, 2.24) is 4.57 Å². The molecule has 1 heterocycles. The predicted octanol–water partition coefficient (Wildman–Crippen LogP) is 4.93. The van der Waals surface area contributed by atoms with E-state index < -0.39 is 6.09 Å². The fourth-order valence-corrected chi connectivity index (χ4v) is 2.40. The van der Waals surface area contributed by atoms with Gasteiger partial charge in [0.1, 0.15) is 6.61 Å². The molecule has 0 spiro atoms. The van der Waals surface area contributed by atoms with Gasteiger partial charge in [-0.2, -0.15) is 0 Å². The van der Waals surface area contributed by atoms with E-state index in [0.29, 0.717) is 15.6 Å². The van der Waals surface area contributed by atoms with Crippen LogP contribution in [0.3, 0.4) is 0 Å². The Labute approximate surface area is 131 Å². The quantitative estimate of drug-likeness (QED) is 0.670. The van der Waals surface area contributed by atoms with Gasteiger partial charge in [0.25, 0.3) is 0 Å². The predicted molar refractivity (Wildman–Crippen MR) is 82.8 cm³/mol. The molecule has 0 fully saturated rings. The van der Waals surface area contributed by atoms with E-state index in [-0.39, 0.29) is 6.61 Å².